The average molecular weight is 288 g/mol. The summed E-state index contributed by atoms with van der Waals surface area (Å²) in [6, 6.07) is 5.34. The summed E-state index contributed by atoms with van der Waals surface area (Å²) in [5.74, 6) is 1.82. The highest BCUT2D eigenvalue weighted by molar-refractivity contribution is 6.35. The summed E-state index contributed by atoms with van der Waals surface area (Å²) >= 11 is 12.0. The monoisotopic (exact) mass is 287 g/mol. The van der Waals surface area contributed by atoms with Gasteiger partial charge in [-0.25, -0.2) is 0 Å². The van der Waals surface area contributed by atoms with E-state index in [0.717, 1.165) is 12.8 Å². The Balaban J connectivity index is 2.10. The van der Waals surface area contributed by atoms with E-state index in [-0.39, 0.29) is 6.10 Å². The predicted octanol–water partition coefficient (Wildman–Crippen LogP) is 4.14. The fraction of sp³-hybridized carbons (Fsp3) is 0.571. The summed E-state index contributed by atoms with van der Waals surface area (Å²) in [5.41, 5.74) is 5.82. The van der Waals surface area contributed by atoms with Crippen LogP contribution in [0.1, 0.15) is 26.2 Å². The van der Waals surface area contributed by atoms with Crippen molar-refractivity contribution in [2.45, 2.75) is 32.3 Å². The molecule has 2 nitrogen and oxygen atoms in total. The third-order valence-corrected chi connectivity index (χ3v) is 4.20. The molecule has 2 rings (SSSR count). The van der Waals surface area contributed by atoms with Gasteiger partial charge in [0.1, 0.15) is 11.9 Å². The van der Waals surface area contributed by atoms with E-state index in [1.54, 1.807) is 12.1 Å². The molecule has 2 N–H and O–H groups in total. The van der Waals surface area contributed by atoms with Crippen molar-refractivity contribution in [3.63, 3.8) is 0 Å². The van der Waals surface area contributed by atoms with E-state index in [4.69, 9.17) is 33.7 Å². The molecule has 0 aromatic heterocycles. The van der Waals surface area contributed by atoms with Gasteiger partial charge >= 0.3 is 0 Å². The molecule has 1 aliphatic rings. The van der Waals surface area contributed by atoms with E-state index < -0.39 is 0 Å². The summed E-state index contributed by atoms with van der Waals surface area (Å²) in [6.07, 6.45) is 3.57. The van der Waals surface area contributed by atoms with Crippen LogP contribution in [0.25, 0.3) is 0 Å². The number of ether oxygens (including phenoxy) is 1. The van der Waals surface area contributed by atoms with Gasteiger partial charge in [-0.2, -0.15) is 0 Å². The predicted molar refractivity (Wildman–Crippen MR) is 76.4 cm³/mol. The van der Waals surface area contributed by atoms with Crippen molar-refractivity contribution in [3.05, 3.63) is 28.2 Å². The van der Waals surface area contributed by atoms with E-state index >= 15 is 0 Å². The van der Waals surface area contributed by atoms with Crippen molar-refractivity contribution < 1.29 is 4.74 Å². The summed E-state index contributed by atoms with van der Waals surface area (Å²) < 4.78 is 6.04. The highest BCUT2D eigenvalue weighted by Crippen LogP contribution is 2.34. The lowest BCUT2D eigenvalue weighted by Gasteiger charge is -2.34. The third-order valence-electron chi connectivity index (χ3n) is 3.67. The van der Waals surface area contributed by atoms with Crippen LogP contribution in [0.2, 0.25) is 10.0 Å². The van der Waals surface area contributed by atoms with Crippen LogP contribution in [0, 0.1) is 11.8 Å². The molecule has 1 fully saturated rings. The molecule has 1 saturated carbocycles. The summed E-state index contributed by atoms with van der Waals surface area (Å²) in [7, 11) is 0. The maximum Gasteiger partial charge on any atom is 0.138 e. The topological polar surface area (TPSA) is 35.2 Å². The molecular formula is C14H19Cl2NO. The van der Waals surface area contributed by atoms with Crippen molar-refractivity contribution >= 4 is 23.2 Å². The first-order chi connectivity index (χ1) is 8.60. The first-order valence-corrected chi connectivity index (χ1v) is 7.17. The Labute approximate surface area is 118 Å². The molecule has 1 aliphatic carbocycles. The van der Waals surface area contributed by atoms with E-state index in [1.807, 2.05) is 6.07 Å². The first kappa shape index (κ1) is 14.0. The zero-order chi connectivity index (χ0) is 13.1. The zero-order valence-electron chi connectivity index (χ0n) is 10.5. The van der Waals surface area contributed by atoms with Crippen LogP contribution >= 0.6 is 23.2 Å². The number of nitrogens with two attached hydrogens (primary N) is 1. The Kier molecular flexibility index (Phi) is 4.77. The smallest absolute Gasteiger partial charge is 0.138 e. The van der Waals surface area contributed by atoms with Gasteiger partial charge in [0.2, 0.25) is 0 Å². The van der Waals surface area contributed by atoms with Crippen LogP contribution in [0.15, 0.2) is 18.2 Å². The molecule has 0 aliphatic heterocycles. The quantitative estimate of drug-likeness (QED) is 0.907. The highest BCUT2D eigenvalue weighted by atomic mass is 35.5. The van der Waals surface area contributed by atoms with Gasteiger partial charge in [0.05, 0.1) is 5.02 Å². The van der Waals surface area contributed by atoms with E-state index in [2.05, 4.69) is 6.92 Å². The Morgan fingerprint density at radius 2 is 2.11 bits per heavy atom. The molecule has 1 aromatic rings. The van der Waals surface area contributed by atoms with E-state index in [0.29, 0.717) is 34.2 Å². The van der Waals surface area contributed by atoms with Crippen LogP contribution in [0.4, 0.5) is 0 Å². The van der Waals surface area contributed by atoms with Crippen molar-refractivity contribution in [1.82, 2.24) is 0 Å². The SMILES string of the molecule is CC1CCC(CN)C(Oc2ccc(Cl)cc2Cl)C1. The Morgan fingerprint density at radius 1 is 1.33 bits per heavy atom. The summed E-state index contributed by atoms with van der Waals surface area (Å²) in [4.78, 5) is 0. The molecule has 0 amide bonds. The van der Waals surface area contributed by atoms with Crippen LogP contribution in [-0.4, -0.2) is 12.6 Å². The van der Waals surface area contributed by atoms with Gasteiger partial charge in [-0.15, -0.1) is 0 Å². The molecule has 18 heavy (non-hydrogen) atoms. The number of halogens is 2. The normalized spacial score (nSPS) is 28.1. The minimum atomic E-state index is 0.164. The maximum atomic E-state index is 6.14. The lowest BCUT2D eigenvalue weighted by Crippen LogP contribution is -2.37. The lowest BCUT2D eigenvalue weighted by molar-refractivity contribution is 0.0743. The Bertz CT molecular complexity index is 411. The molecular weight excluding hydrogens is 269 g/mol. The molecule has 3 atom stereocenters. The number of rotatable bonds is 3. The molecule has 100 valence electrons. The van der Waals surface area contributed by atoms with Gasteiger partial charge in [0.25, 0.3) is 0 Å². The minimum Gasteiger partial charge on any atom is -0.489 e. The van der Waals surface area contributed by atoms with Crippen molar-refractivity contribution in [2.75, 3.05) is 6.54 Å². The minimum absolute atomic E-state index is 0.164. The molecule has 0 radical (unpaired) electrons. The van der Waals surface area contributed by atoms with Gasteiger partial charge in [-0.1, -0.05) is 36.5 Å². The number of benzene rings is 1. The maximum absolute atomic E-state index is 6.14. The Hall–Kier alpha value is -0.440. The zero-order valence-corrected chi connectivity index (χ0v) is 12.0. The number of hydrogen-bond donors (Lipinski definition) is 1. The molecule has 0 heterocycles. The van der Waals surface area contributed by atoms with Crippen molar-refractivity contribution in [2.24, 2.45) is 17.6 Å². The largest absolute Gasteiger partial charge is 0.489 e. The second kappa shape index (κ2) is 6.14. The summed E-state index contributed by atoms with van der Waals surface area (Å²) in [6.45, 7) is 2.93. The highest BCUT2D eigenvalue weighted by Gasteiger charge is 2.29. The molecule has 4 heteroatoms. The fourth-order valence-electron chi connectivity index (χ4n) is 2.54. The fourth-order valence-corrected chi connectivity index (χ4v) is 2.99. The standard InChI is InChI=1S/C14H19Cl2NO/c1-9-2-3-10(8-17)14(6-9)18-13-5-4-11(15)7-12(13)16/h4-5,7,9-10,14H,2-3,6,8,17H2,1H3. The second-order valence-corrected chi connectivity index (χ2v) is 5.99. The second-order valence-electron chi connectivity index (χ2n) is 5.15. The van der Waals surface area contributed by atoms with Crippen LogP contribution in [0.3, 0.4) is 0 Å². The average Bonchev–Trinajstić information content (AvgIpc) is 2.33. The summed E-state index contributed by atoms with van der Waals surface area (Å²) in [5, 5.41) is 1.19. The van der Waals surface area contributed by atoms with E-state index in [1.165, 1.54) is 6.42 Å². The third kappa shape index (κ3) is 3.31. The molecule has 3 unspecified atom stereocenters. The van der Waals surface area contributed by atoms with Gasteiger partial charge < -0.3 is 10.5 Å². The van der Waals surface area contributed by atoms with Crippen LogP contribution in [-0.2, 0) is 0 Å². The van der Waals surface area contributed by atoms with Gasteiger partial charge in [0.15, 0.2) is 0 Å². The van der Waals surface area contributed by atoms with Crippen molar-refractivity contribution in [1.29, 1.82) is 0 Å². The van der Waals surface area contributed by atoms with Crippen molar-refractivity contribution in [3.8, 4) is 5.75 Å². The van der Waals surface area contributed by atoms with Gasteiger partial charge in [0, 0.05) is 10.9 Å². The first-order valence-electron chi connectivity index (χ1n) is 6.42. The van der Waals surface area contributed by atoms with Gasteiger partial charge in [-0.05, 0) is 43.5 Å². The van der Waals surface area contributed by atoms with Gasteiger partial charge in [-0.3, -0.25) is 0 Å². The molecule has 1 aromatic carbocycles. The Morgan fingerprint density at radius 3 is 2.78 bits per heavy atom. The van der Waals surface area contributed by atoms with Crippen LogP contribution in [0.5, 0.6) is 5.75 Å². The molecule has 0 saturated heterocycles. The number of hydrogen-bond acceptors (Lipinski definition) is 2. The van der Waals surface area contributed by atoms with Crippen LogP contribution < -0.4 is 10.5 Å². The lowest BCUT2D eigenvalue weighted by atomic mass is 9.80. The van der Waals surface area contributed by atoms with E-state index in [9.17, 15) is 0 Å². The molecule has 0 bridgehead atoms. The molecule has 0 spiro atoms.